The van der Waals surface area contributed by atoms with E-state index in [0.29, 0.717) is 6.42 Å². The minimum Gasteiger partial charge on any atom is -0.386 e. The Hall–Kier alpha value is -1.84. The number of nitrogens with one attached hydrogen (secondary N) is 1. The Kier molecular flexibility index (Phi) is 4.66. The molecule has 1 aromatic carbocycles. The second-order valence-electron chi connectivity index (χ2n) is 5.20. The molecule has 0 radical (unpaired) electrons. The maximum Gasteiger partial charge on any atom is 0.102 e. The summed E-state index contributed by atoms with van der Waals surface area (Å²) < 4.78 is 0. The Balaban J connectivity index is 0.00000161. The van der Waals surface area contributed by atoms with Crippen molar-refractivity contribution in [2.45, 2.75) is 26.4 Å². The Morgan fingerprint density at radius 3 is 2.57 bits per heavy atom. The SMILES string of the molecule is Cc1[nH]c2c(C(O)Cc3ccccc3)nccc2c1C.Cl. The fourth-order valence-corrected chi connectivity index (χ4v) is 2.59. The number of aromatic amines is 1. The van der Waals surface area contributed by atoms with E-state index in [1.165, 1.54) is 5.56 Å². The molecule has 0 aliphatic heterocycles. The molecule has 0 bridgehead atoms. The number of aliphatic hydroxyl groups is 1. The van der Waals surface area contributed by atoms with E-state index in [0.717, 1.165) is 27.9 Å². The summed E-state index contributed by atoms with van der Waals surface area (Å²) in [5.74, 6) is 0. The van der Waals surface area contributed by atoms with Crippen molar-refractivity contribution in [2.75, 3.05) is 0 Å². The lowest BCUT2D eigenvalue weighted by Crippen LogP contribution is -2.05. The highest BCUT2D eigenvalue weighted by molar-refractivity contribution is 5.86. The third kappa shape index (κ3) is 2.94. The molecule has 0 spiro atoms. The van der Waals surface area contributed by atoms with Gasteiger partial charge in [0.25, 0.3) is 0 Å². The van der Waals surface area contributed by atoms with E-state index in [1.54, 1.807) is 6.20 Å². The Bertz CT molecular complexity index is 737. The summed E-state index contributed by atoms with van der Waals surface area (Å²) in [6.07, 6.45) is 1.74. The molecule has 4 heteroatoms. The number of halogens is 1. The van der Waals surface area contributed by atoms with Gasteiger partial charge in [-0.15, -0.1) is 12.4 Å². The van der Waals surface area contributed by atoms with Crippen LogP contribution in [0.5, 0.6) is 0 Å². The van der Waals surface area contributed by atoms with E-state index in [-0.39, 0.29) is 12.4 Å². The molecule has 2 heterocycles. The molecular weight excluding hydrogens is 284 g/mol. The Morgan fingerprint density at radius 2 is 1.86 bits per heavy atom. The lowest BCUT2D eigenvalue weighted by molar-refractivity contribution is 0.175. The average molecular weight is 303 g/mol. The van der Waals surface area contributed by atoms with Crippen LogP contribution in [0.2, 0.25) is 0 Å². The van der Waals surface area contributed by atoms with Crippen molar-refractivity contribution in [3.63, 3.8) is 0 Å². The van der Waals surface area contributed by atoms with Gasteiger partial charge in [-0.05, 0) is 31.0 Å². The third-order valence-corrected chi connectivity index (χ3v) is 3.85. The molecule has 0 amide bonds. The van der Waals surface area contributed by atoms with Gasteiger partial charge in [0, 0.05) is 23.7 Å². The molecule has 1 unspecified atom stereocenters. The van der Waals surface area contributed by atoms with Crippen LogP contribution in [-0.2, 0) is 6.42 Å². The molecule has 0 fully saturated rings. The lowest BCUT2D eigenvalue weighted by Gasteiger charge is -2.11. The van der Waals surface area contributed by atoms with Gasteiger partial charge in [0.2, 0.25) is 0 Å². The molecule has 3 nitrogen and oxygen atoms in total. The molecule has 0 saturated carbocycles. The summed E-state index contributed by atoms with van der Waals surface area (Å²) in [6.45, 7) is 4.13. The van der Waals surface area contributed by atoms with Crippen molar-refractivity contribution in [1.82, 2.24) is 9.97 Å². The van der Waals surface area contributed by atoms with Gasteiger partial charge in [-0.3, -0.25) is 4.98 Å². The molecule has 0 saturated heterocycles. The largest absolute Gasteiger partial charge is 0.386 e. The Morgan fingerprint density at radius 1 is 1.14 bits per heavy atom. The zero-order valence-electron chi connectivity index (χ0n) is 12.1. The number of fused-ring (bicyclic) bond motifs is 1. The number of aromatic nitrogens is 2. The van der Waals surface area contributed by atoms with Crippen LogP contribution in [0, 0.1) is 13.8 Å². The van der Waals surface area contributed by atoms with Crippen molar-refractivity contribution in [3.8, 4) is 0 Å². The number of aryl methyl sites for hydroxylation is 2. The van der Waals surface area contributed by atoms with Crippen molar-refractivity contribution in [2.24, 2.45) is 0 Å². The highest BCUT2D eigenvalue weighted by atomic mass is 35.5. The fourth-order valence-electron chi connectivity index (χ4n) is 2.59. The van der Waals surface area contributed by atoms with Crippen LogP contribution in [0.25, 0.3) is 10.9 Å². The van der Waals surface area contributed by atoms with Crippen LogP contribution in [0.1, 0.15) is 28.6 Å². The second kappa shape index (κ2) is 6.29. The first-order chi connectivity index (χ1) is 9.66. The summed E-state index contributed by atoms with van der Waals surface area (Å²) in [7, 11) is 0. The van der Waals surface area contributed by atoms with E-state index in [9.17, 15) is 5.11 Å². The quantitative estimate of drug-likeness (QED) is 0.771. The van der Waals surface area contributed by atoms with Gasteiger partial charge >= 0.3 is 0 Å². The molecule has 2 N–H and O–H groups in total. The van der Waals surface area contributed by atoms with E-state index in [1.807, 2.05) is 43.3 Å². The van der Waals surface area contributed by atoms with Crippen LogP contribution in [0.3, 0.4) is 0 Å². The summed E-state index contributed by atoms with van der Waals surface area (Å²) in [4.78, 5) is 7.72. The van der Waals surface area contributed by atoms with E-state index in [4.69, 9.17) is 0 Å². The first kappa shape index (κ1) is 15.5. The molecule has 1 atom stereocenters. The van der Waals surface area contributed by atoms with Crippen LogP contribution in [0.15, 0.2) is 42.6 Å². The predicted molar refractivity (Wildman–Crippen MR) is 87.9 cm³/mol. The smallest absolute Gasteiger partial charge is 0.102 e. The zero-order valence-corrected chi connectivity index (χ0v) is 12.9. The van der Waals surface area contributed by atoms with E-state index >= 15 is 0 Å². The number of rotatable bonds is 3. The van der Waals surface area contributed by atoms with Crippen molar-refractivity contribution >= 4 is 23.3 Å². The highest BCUT2D eigenvalue weighted by Gasteiger charge is 2.16. The number of H-pyrrole nitrogens is 1. The number of pyridine rings is 1. The van der Waals surface area contributed by atoms with Crippen LogP contribution >= 0.6 is 12.4 Å². The predicted octanol–water partition coefficient (Wildman–Crippen LogP) is 3.88. The maximum absolute atomic E-state index is 10.5. The first-order valence-electron chi connectivity index (χ1n) is 6.82. The number of nitrogens with zero attached hydrogens (tertiary/aromatic N) is 1. The summed E-state index contributed by atoms with van der Waals surface area (Å²) in [6, 6.07) is 12.0. The number of hydrogen-bond donors (Lipinski definition) is 2. The Labute approximate surface area is 130 Å². The topological polar surface area (TPSA) is 48.9 Å². The molecule has 2 aromatic heterocycles. The molecule has 0 aliphatic rings. The summed E-state index contributed by atoms with van der Waals surface area (Å²) >= 11 is 0. The third-order valence-electron chi connectivity index (χ3n) is 3.85. The average Bonchev–Trinajstić information content (AvgIpc) is 2.75. The molecule has 21 heavy (non-hydrogen) atoms. The van der Waals surface area contributed by atoms with Crippen molar-refractivity contribution in [1.29, 1.82) is 0 Å². The van der Waals surface area contributed by atoms with Gasteiger partial charge in [-0.2, -0.15) is 0 Å². The first-order valence-corrected chi connectivity index (χ1v) is 6.82. The van der Waals surface area contributed by atoms with Crippen molar-refractivity contribution < 1.29 is 5.11 Å². The summed E-state index contributed by atoms with van der Waals surface area (Å²) in [5, 5.41) is 11.6. The minimum atomic E-state index is -0.599. The van der Waals surface area contributed by atoms with Crippen LogP contribution in [0.4, 0.5) is 0 Å². The van der Waals surface area contributed by atoms with Gasteiger partial charge in [-0.25, -0.2) is 0 Å². The molecule has 3 rings (SSSR count). The lowest BCUT2D eigenvalue weighted by atomic mass is 10.0. The number of aliphatic hydroxyl groups excluding tert-OH is 1. The van der Waals surface area contributed by atoms with Gasteiger partial charge in [0.05, 0.1) is 11.2 Å². The van der Waals surface area contributed by atoms with Crippen molar-refractivity contribution in [3.05, 3.63) is 65.1 Å². The van der Waals surface area contributed by atoms with Crippen LogP contribution < -0.4 is 0 Å². The van der Waals surface area contributed by atoms with E-state index in [2.05, 4.69) is 16.9 Å². The summed E-state index contributed by atoms with van der Waals surface area (Å²) in [5.41, 5.74) is 5.13. The fraction of sp³-hybridized carbons (Fsp3) is 0.235. The molecule has 3 aromatic rings. The standard InChI is InChI=1S/C17H18N2O.ClH/c1-11-12(2)19-16-14(11)8-9-18-17(16)15(20)10-13-6-4-3-5-7-13;/h3-9,15,19-20H,10H2,1-2H3;1H. The zero-order chi connectivity index (χ0) is 14.1. The highest BCUT2D eigenvalue weighted by Crippen LogP contribution is 2.27. The maximum atomic E-state index is 10.5. The van der Waals surface area contributed by atoms with Gasteiger partial charge < -0.3 is 10.1 Å². The minimum absolute atomic E-state index is 0. The van der Waals surface area contributed by atoms with Gasteiger partial charge in [0.1, 0.15) is 6.10 Å². The molecular formula is C17H19ClN2O. The molecule has 0 aliphatic carbocycles. The normalized spacial score (nSPS) is 12.1. The van der Waals surface area contributed by atoms with Gasteiger partial charge in [-0.1, -0.05) is 30.3 Å². The van der Waals surface area contributed by atoms with Crippen LogP contribution in [-0.4, -0.2) is 15.1 Å². The monoisotopic (exact) mass is 302 g/mol. The van der Waals surface area contributed by atoms with E-state index < -0.39 is 6.10 Å². The number of benzene rings is 1. The number of hydrogen-bond acceptors (Lipinski definition) is 2. The molecule has 110 valence electrons. The van der Waals surface area contributed by atoms with Gasteiger partial charge in [0.15, 0.2) is 0 Å². The second-order valence-corrected chi connectivity index (χ2v) is 5.20.